The number of nitriles is 1. The number of amidine groups is 2. The van der Waals surface area contributed by atoms with Gasteiger partial charge in [0.15, 0.2) is 0 Å². The van der Waals surface area contributed by atoms with E-state index < -0.39 is 0 Å². The monoisotopic (exact) mass is 560 g/mol. The molecule has 1 aromatic rings. The summed E-state index contributed by atoms with van der Waals surface area (Å²) in [5.41, 5.74) is 2.65. The number of likely N-dealkylation sites (N-methyl/N-ethyl adjacent to an activating group) is 1. The Bertz CT molecular complexity index is 1210. The van der Waals surface area contributed by atoms with Crippen molar-refractivity contribution in [1.82, 2.24) is 14.7 Å². The first kappa shape index (κ1) is 29.3. The van der Waals surface area contributed by atoms with Crippen LogP contribution in [-0.4, -0.2) is 96.5 Å². The maximum Gasteiger partial charge on any atom is 0.313 e. The zero-order valence-electron chi connectivity index (χ0n) is 24.7. The summed E-state index contributed by atoms with van der Waals surface area (Å²) in [6.07, 6.45) is 6.83. The van der Waals surface area contributed by atoms with Crippen LogP contribution >= 0.6 is 0 Å². The molecule has 0 radical (unpaired) electrons. The summed E-state index contributed by atoms with van der Waals surface area (Å²) < 4.78 is 12.7. The number of hydrogen-bond donors (Lipinski definition) is 0. The van der Waals surface area contributed by atoms with Gasteiger partial charge in [-0.05, 0) is 76.7 Å². The molecule has 41 heavy (non-hydrogen) atoms. The maximum atomic E-state index is 12.5. The Morgan fingerprint density at radius 2 is 2.05 bits per heavy atom. The predicted octanol–water partition coefficient (Wildman–Crippen LogP) is 3.97. The molecule has 9 heteroatoms. The number of aliphatic imine (C=N–C) groups is 2. The number of ether oxygens (including phenoxy) is 2. The molecular formula is C32H44N6O3. The van der Waals surface area contributed by atoms with E-state index in [1.165, 1.54) is 23.6 Å². The third-order valence-corrected chi connectivity index (χ3v) is 9.24. The largest absolute Gasteiger partial charge is 0.462 e. The van der Waals surface area contributed by atoms with Crippen LogP contribution in [0.1, 0.15) is 63.2 Å². The van der Waals surface area contributed by atoms with Gasteiger partial charge in [0.25, 0.3) is 0 Å². The normalized spacial score (nSPS) is 30.2. The van der Waals surface area contributed by atoms with Crippen LogP contribution in [0.25, 0.3) is 0 Å². The Morgan fingerprint density at radius 1 is 1.22 bits per heavy atom. The van der Waals surface area contributed by atoms with Crippen LogP contribution in [0.5, 0.6) is 0 Å². The minimum absolute atomic E-state index is 0.00522. The number of piperazine rings is 1. The molecule has 5 rings (SSSR count). The van der Waals surface area contributed by atoms with Crippen molar-refractivity contribution in [3.8, 4) is 6.07 Å². The Morgan fingerprint density at radius 3 is 2.80 bits per heavy atom. The summed E-state index contributed by atoms with van der Waals surface area (Å²) in [4.78, 5) is 28.8. The number of rotatable bonds is 7. The van der Waals surface area contributed by atoms with Crippen LogP contribution in [0.3, 0.4) is 0 Å². The van der Waals surface area contributed by atoms with Crippen molar-refractivity contribution in [3.63, 3.8) is 0 Å². The van der Waals surface area contributed by atoms with Gasteiger partial charge in [0.1, 0.15) is 12.4 Å². The average molecular weight is 561 g/mol. The number of benzene rings is 1. The summed E-state index contributed by atoms with van der Waals surface area (Å²) in [6.45, 7) is 11.3. The number of fused-ring (bicyclic) bond motifs is 1. The zero-order valence-corrected chi connectivity index (χ0v) is 24.7. The molecule has 0 bridgehead atoms. The average Bonchev–Trinajstić information content (AvgIpc) is 3.39. The molecule has 5 unspecified atom stereocenters. The SMILES string of the molecule is C=CC(=O)N1CCN(C2=NC(OCC3CCCN3C)=NC(C)C2CC[C@H]2Cc3ccccc3C(C)O2)CC1CC#N. The number of likely N-dealkylation sites (tertiary alicyclic amines) is 1. The molecule has 2 saturated heterocycles. The van der Waals surface area contributed by atoms with E-state index >= 15 is 0 Å². The van der Waals surface area contributed by atoms with E-state index in [1.54, 1.807) is 4.90 Å². The molecule has 6 atom stereocenters. The summed E-state index contributed by atoms with van der Waals surface area (Å²) in [7, 11) is 2.14. The topological polar surface area (TPSA) is 93.8 Å². The highest BCUT2D eigenvalue weighted by Gasteiger charge is 2.38. The van der Waals surface area contributed by atoms with Crippen molar-refractivity contribution in [3.05, 3.63) is 48.0 Å². The fourth-order valence-electron chi connectivity index (χ4n) is 6.85. The molecule has 4 heterocycles. The quantitative estimate of drug-likeness (QED) is 0.469. The van der Waals surface area contributed by atoms with Crippen LogP contribution < -0.4 is 0 Å². The highest BCUT2D eigenvalue weighted by Crippen LogP contribution is 2.33. The lowest BCUT2D eigenvalue weighted by Gasteiger charge is -2.44. The molecule has 4 aliphatic rings. The van der Waals surface area contributed by atoms with E-state index in [4.69, 9.17) is 19.5 Å². The number of carbonyl (C=O) groups is 1. The minimum atomic E-state index is -0.215. The number of carbonyl (C=O) groups excluding carboxylic acids is 1. The Hall–Kier alpha value is -3.22. The maximum absolute atomic E-state index is 12.5. The molecule has 2 fully saturated rings. The van der Waals surface area contributed by atoms with Crippen molar-refractivity contribution in [2.45, 2.75) is 82.7 Å². The third-order valence-electron chi connectivity index (χ3n) is 9.24. The second kappa shape index (κ2) is 13.2. The van der Waals surface area contributed by atoms with Gasteiger partial charge < -0.3 is 24.2 Å². The molecule has 0 N–H and O–H groups in total. The lowest BCUT2D eigenvalue weighted by molar-refractivity contribution is -0.130. The van der Waals surface area contributed by atoms with E-state index in [0.29, 0.717) is 38.3 Å². The van der Waals surface area contributed by atoms with Crippen LogP contribution in [-0.2, 0) is 20.7 Å². The molecule has 220 valence electrons. The third kappa shape index (κ3) is 6.65. The Labute approximate surface area is 244 Å². The van der Waals surface area contributed by atoms with Gasteiger partial charge in [-0.3, -0.25) is 4.79 Å². The Kier molecular flexibility index (Phi) is 9.41. The van der Waals surface area contributed by atoms with Gasteiger partial charge in [0, 0.05) is 31.6 Å². The van der Waals surface area contributed by atoms with Gasteiger partial charge >= 0.3 is 6.02 Å². The first-order valence-corrected chi connectivity index (χ1v) is 15.2. The smallest absolute Gasteiger partial charge is 0.313 e. The van der Waals surface area contributed by atoms with Gasteiger partial charge in [-0.2, -0.15) is 10.3 Å². The first-order chi connectivity index (χ1) is 19.9. The molecule has 1 aromatic carbocycles. The molecule has 4 aliphatic heterocycles. The van der Waals surface area contributed by atoms with Crippen molar-refractivity contribution >= 4 is 17.8 Å². The summed E-state index contributed by atoms with van der Waals surface area (Å²) in [5, 5.41) is 9.52. The van der Waals surface area contributed by atoms with Crippen molar-refractivity contribution in [1.29, 1.82) is 5.26 Å². The van der Waals surface area contributed by atoms with Crippen LogP contribution in [0.15, 0.2) is 46.9 Å². The van der Waals surface area contributed by atoms with Gasteiger partial charge in [-0.1, -0.05) is 30.8 Å². The van der Waals surface area contributed by atoms with E-state index in [9.17, 15) is 10.1 Å². The van der Waals surface area contributed by atoms with E-state index in [1.807, 2.05) is 0 Å². The molecule has 9 nitrogen and oxygen atoms in total. The first-order valence-electron chi connectivity index (χ1n) is 15.2. The molecule has 1 amide bonds. The van der Waals surface area contributed by atoms with Gasteiger partial charge in [0.05, 0.1) is 36.8 Å². The predicted molar refractivity (Wildman–Crippen MR) is 160 cm³/mol. The van der Waals surface area contributed by atoms with Gasteiger partial charge in [-0.15, -0.1) is 0 Å². The lowest BCUT2D eigenvalue weighted by Crippen LogP contribution is -2.58. The molecule has 0 aromatic heterocycles. The fraction of sp³-hybridized carbons (Fsp3) is 0.625. The zero-order chi connectivity index (χ0) is 28.9. The fourth-order valence-corrected chi connectivity index (χ4v) is 6.85. The van der Waals surface area contributed by atoms with Gasteiger partial charge in [0.2, 0.25) is 5.91 Å². The van der Waals surface area contributed by atoms with Crippen LogP contribution in [0.2, 0.25) is 0 Å². The van der Waals surface area contributed by atoms with Gasteiger partial charge in [-0.25, -0.2) is 4.99 Å². The van der Waals surface area contributed by atoms with E-state index in [0.717, 1.165) is 38.1 Å². The van der Waals surface area contributed by atoms with Crippen molar-refractivity contribution in [2.75, 3.05) is 39.8 Å². The number of hydrogen-bond acceptors (Lipinski definition) is 8. The second-order valence-corrected chi connectivity index (χ2v) is 11.9. The molecule has 0 saturated carbocycles. The molecular weight excluding hydrogens is 516 g/mol. The summed E-state index contributed by atoms with van der Waals surface area (Å²) in [6, 6.07) is 11.4. The Balaban J connectivity index is 1.33. The highest BCUT2D eigenvalue weighted by atomic mass is 16.5. The van der Waals surface area contributed by atoms with Crippen LogP contribution in [0.4, 0.5) is 0 Å². The van der Waals surface area contributed by atoms with E-state index in [-0.39, 0.29) is 42.5 Å². The van der Waals surface area contributed by atoms with Crippen LogP contribution in [0, 0.1) is 17.2 Å². The highest BCUT2D eigenvalue weighted by molar-refractivity contribution is 5.97. The lowest BCUT2D eigenvalue weighted by atomic mass is 9.87. The second-order valence-electron chi connectivity index (χ2n) is 11.9. The summed E-state index contributed by atoms with van der Waals surface area (Å²) >= 11 is 0. The summed E-state index contributed by atoms with van der Waals surface area (Å²) in [5.74, 6) is 0.924. The molecule has 0 aliphatic carbocycles. The minimum Gasteiger partial charge on any atom is -0.462 e. The number of amides is 1. The molecule has 0 spiro atoms. The standard InChI is InChI=1S/C32H44N6O3/c1-5-30(39)38-18-17-37(20-25(38)14-15-33)31-28(13-12-27-19-24-9-6-7-11-29(24)23(3)41-27)22(2)34-32(35-31)40-21-26-10-8-16-36(26)4/h5-7,9,11,22-23,25-28H,1,8,10,12-14,16-21H2,2-4H3/t22?,23?,25?,26?,27-,28?/m0/s1. The van der Waals surface area contributed by atoms with Crippen molar-refractivity contribution < 1.29 is 14.3 Å². The van der Waals surface area contributed by atoms with Crippen molar-refractivity contribution in [2.24, 2.45) is 15.9 Å². The van der Waals surface area contributed by atoms with E-state index in [2.05, 4.69) is 67.6 Å². The number of nitrogens with zero attached hydrogens (tertiary/aromatic N) is 6.